The van der Waals surface area contributed by atoms with Crippen LogP contribution in [-0.4, -0.2) is 10.2 Å². The van der Waals surface area contributed by atoms with Gasteiger partial charge in [0.15, 0.2) is 0 Å². The summed E-state index contributed by atoms with van der Waals surface area (Å²) in [5.74, 6) is 0.929. The predicted octanol–water partition coefficient (Wildman–Crippen LogP) is 4.06. The highest BCUT2D eigenvalue weighted by Crippen LogP contribution is 2.35. The Kier molecular flexibility index (Phi) is 3.19. The Hall–Kier alpha value is -2.55. The van der Waals surface area contributed by atoms with E-state index in [2.05, 4.69) is 41.4 Å². The first-order valence-electron chi connectivity index (χ1n) is 7.65. The van der Waals surface area contributed by atoms with Crippen LogP contribution in [0.4, 0.5) is 0 Å². The van der Waals surface area contributed by atoms with Crippen molar-refractivity contribution in [3.63, 3.8) is 0 Å². The first-order chi connectivity index (χ1) is 10.8. The molecule has 0 fully saturated rings. The Morgan fingerprint density at radius 2 is 1.95 bits per heavy atom. The van der Waals surface area contributed by atoms with Crippen molar-refractivity contribution in [1.82, 2.24) is 10.2 Å². The summed E-state index contributed by atoms with van der Waals surface area (Å²) in [7, 11) is 0. The van der Waals surface area contributed by atoms with Gasteiger partial charge < -0.3 is 4.74 Å². The molecule has 0 aliphatic heterocycles. The fraction of sp³-hybridized carbons (Fsp3) is 0.211. The SMILES string of the molecule is Cc1[nH]nc2c1CCc1cc(OCc3ccccc3)ccc1-2. The summed E-state index contributed by atoms with van der Waals surface area (Å²) in [6, 6.07) is 16.6. The number of aromatic nitrogens is 2. The lowest BCUT2D eigenvalue weighted by molar-refractivity contribution is 0.306. The third-order valence-electron chi connectivity index (χ3n) is 4.30. The van der Waals surface area contributed by atoms with Gasteiger partial charge in [-0.05, 0) is 49.1 Å². The number of nitrogens with one attached hydrogen (secondary N) is 1. The van der Waals surface area contributed by atoms with Crippen LogP contribution in [0.2, 0.25) is 0 Å². The molecular weight excluding hydrogens is 272 g/mol. The molecule has 0 unspecified atom stereocenters. The van der Waals surface area contributed by atoms with Gasteiger partial charge in [0.2, 0.25) is 0 Å². The van der Waals surface area contributed by atoms with E-state index in [0.29, 0.717) is 6.61 Å². The normalized spacial score (nSPS) is 12.6. The summed E-state index contributed by atoms with van der Waals surface area (Å²) in [6.45, 7) is 2.69. The van der Waals surface area contributed by atoms with E-state index in [4.69, 9.17) is 4.74 Å². The van der Waals surface area contributed by atoms with Crippen molar-refractivity contribution in [2.45, 2.75) is 26.4 Å². The molecule has 3 nitrogen and oxygen atoms in total. The molecule has 1 aliphatic carbocycles. The van der Waals surface area contributed by atoms with E-state index in [1.54, 1.807) is 0 Å². The van der Waals surface area contributed by atoms with Crippen LogP contribution in [0.3, 0.4) is 0 Å². The molecule has 0 radical (unpaired) electrons. The fourth-order valence-electron chi connectivity index (χ4n) is 3.08. The number of nitrogens with zero attached hydrogens (tertiary/aromatic N) is 1. The molecule has 1 aliphatic rings. The van der Waals surface area contributed by atoms with Crippen molar-refractivity contribution in [3.05, 3.63) is 70.9 Å². The summed E-state index contributed by atoms with van der Waals surface area (Å²) < 4.78 is 5.92. The van der Waals surface area contributed by atoms with E-state index in [-0.39, 0.29) is 0 Å². The fourth-order valence-corrected chi connectivity index (χ4v) is 3.08. The summed E-state index contributed by atoms with van der Waals surface area (Å²) in [5, 5.41) is 7.56. The molecule has 0 spiro atoms. The second-order valence-electron chi connectivity index (χ2n) is 5.77. The van der Waals surface area contributed by atoms with Crippen LogP contribution in [-0.2, 0) is 19.4 Å². The topological polar surface area (TPSA) is 37.9 Å². The van der Waals surface area contributed by atoms with Gasteiger partial charge in [-0.2, -0.15) is 5.10 Å². The summed E-state index contributed by atoms with van der Waals surface area (Å²) >= 11 is 0. The molecule has 0 atom stereocenters. The van der Waals surface area contributed by atoms with Crippen LogP contribution in [0, 0.1) is 6.92 Å². The molecule has 1 N–H and O–H groups in total. The van der Waals surface area contributed by atoms with Gasteiger partial charge in [0, 0.05) is 16.8 Å². The van der Waals surface area contributed by atoms with Crippen molar-refractivity contribution >= 4 is 0 Å². The molecule has 22 heavy (non-hydrogen) atoms. The zero-order valence-electron chi connectivity index (χ0n) is 12.6. The monoisotopic (exact) mass is 290 g/mol. The Morgan fingerprint density at radius 1 is 1.09 bits per heavy atom. The summed E-state index contributed by atoms with van der Waals surface area (Å²) in [5.41, 5.74) is 7.39. The van der Waals surface area contributed by atoms with Gasteiger partial charge in [-0.1, -0.05) is 30.3 Å². The largest absolute Gasteiger partial charge is 0.489 e. The molecule has 1 aromatic heterocycles. The number of fused-ring (bicyclic) bond motifs is 3. The van der Waals surface area contributed by atoms with Gasteiger partial charge in [-0.25, -0.2) is 0 Å². The lowest BCUT2D eigenvalue weighted by Crippen LogP contribution is -2.04. The number of ether oxygens (including phenoxy) is 1. The first kappa shape index (κ1) is 13.1. The third kappa shape index (κ3) is 2.29. The molecule has 0 bridgehead atoms. The Labute approximate surface area is 130 Å². The smallest absolute Gasteiger partial charge is 0.120 e. The predicted molar refractivity (Wildman–Crippen MR) is 86.9 cm³/mol. The number of hydrogen-bond donors (Lipinski definition) is 1. The van der Waals surface area contributed by atoms with Crippen molar-refractivity contribution in [2.75, 3.05) is 0 Å². The van der Waals surface area contributed by atoms with Gasteiger partial charge in [-0.3, -0.25) is 5.10 Å². The highest BCUT2D eigenvalue weighted by atomic mass is 16.5. The third-order valence-corrected chi connectivity index (χ3v) is 4.30. The van der Waals surface area contributed by atoms with E-state index in [1.165, 1.54) is 27.9 Å². The molecule has 1 heterocycles. The van der Waals surface area contributed by atoms with Crippen LogP contribution in [0.1, 0.15) is 22.4 Å². The van der Waals surface area contributed by atoms with E-state index in [9.17, 15) is 0 Å². The highest BCUT2D eigenvalue weighted by molar-refractivity contribution is 5.71. The minimum Gasteiger partial charge on any atom is -0.489 e. The molecule has 3 aromatic rings. The standard InChI is InChI=1S/C19H18N2O/c1-13-17-9-7-15-11-16(8-10-18(15)19(17)21-20-13)22-12-14-5-3-2-4-6-14/h2-6,8,10-11H,7,9,12H2,1H3,(H,20,21). The summed E-state index contributed by atoms with van der Waals surface area (Å²) in [4.78, 5) is 0. The zero-order chi connectivity index (χ0) is 14.9. The molecular formula is C19H18N2O. The Bertz CT molecular complexity index is 806. The van der Waals surface area contributed by atoms with E-state index in [0.717, 1.165) is 24.3 Å². The average Bonchev–Trinajstić information content (AvgIpc) is 2.95. The summed E-state index contributed by atoms with van der Waals surface area (Å²) in [6.07, 6.45) is 2.10. The van der Waals surface area contributed by atoms with E-state index >= 15 is 0 Å². The molecule has 2 aromatic carbocycles. The van der Waals surface area contributed by atoms with Crippen LogP contribution in [0.5, 0.6) is 5.75 Å². The van der Waals surface area contributed by atoms with Crippen LogP contribution >= 0.6 is 0 Å². The van der Waals surface area contributed by atoms with Gasteiger partial charge in [0.1, 0.15) is 12.4 Å². The molecule has 3 heteroatoms. The number of rotatable bonds is 3. The van der Waals surface area contributed by atoms with Crippen molar-refractivity contribution in [3.8, 4) is 17.0 Å². The molecule has 0 saturated carbocycles. The lowest BCUT2D eigenvalue weighted by atomic mass is 9.89. The number of H-pyrrole nitrogens is 1. The Balaban J connectivity index is 1.58. The van der Waals surface area contributed by atoms with Gasteiger partial charge >= 0.3 is 0 Å². The minimum absolute atomic E-state index is 0.604. The number of benzene rings is 2. The van der Waals surface area contributed by atoms with Gasteiger partial charge in [0.25, 0.3) is 0 Å². The van der Waals surface area contributed by atoms with Crippen LogP contribution < -0.4 is 4.74 Å². The first-order valence-corrected chi connectivity index (χ1v) is 7.65. The van der Waals surface area contributed by atoms with Crippen LogP contribution in [0.25, 0.3) is 11.3 Å². The number of hydrogen-bond acceptors (Lipinski definition) is 2. The quantitative estimate of drug-likeness (QED) is 0.790. The molecule has 0 saturated heterocycles. The van der Waals surface area contributed by atoms with Gasteiger partial charge in [0.05, 0.1) is 5.69 Å². The molecule has 110 valence electrons. The second-order valence-corrected chi connectivity index (χ2v) is 5.77. The zero-order valence-corrected chi connectivity index (χ0v) is 12.6. The number of aryl methyl sites for hydroxylation is 2. The van der Waals surface area contributed by atoms with Crippen molar-refractivity contribution in [2.24, 2.45) is 0 Å². The number of aromatic amines is 1. The second kappa shape index (κ2) is 5.34. The molecule has 4 rings (SSSR count). The Morgan fingerprint density at radius 3 is 2.82 bits per heavy atom. The maximum atomic E-state index is 5.92. The maximum Gasteiger partial charge on any atom is 0.120 e. The van der Waals surface area contributed by atoms with E-state index in [1.807, 2.05) is 24.3 Å². The van der Waals surface area contributed by atoms with Crippen molar-refractivity contribution in [1.29, 1.82) is 0 Å². The lowest BCUT2D eigenvalue weighted by Gasteiger charge is -2.17. The average molecular weight is 290 g/mol. The van der Waals surface area contributed by atoms with Crippen molar-refractivity contribution < 1.29 is 4.74 Å². The maximum absolute atomic E-state index is 5.92. The van der Waals surface area contributed by atoms with Crippen LogP contribution in [0.15, 0.2) is 48.5 Å². The van der Waals surface area contributed by atoms with Gasteiger partial charge in [-0.15, -0.1) is 0 Å². The molecule has 0 amide bonds. The minimum atomic E-state index is 0.604. The van der Waals surface area contributed by atoms with E-state index < -0.39 is 0 Å². The highest BCUT2D eigenvalue weighted by Gasteiger charge is 2.20.